The van der Waals surface area contributed by atoms with Gasteiger partial charge in [0.1, 0.15) is 0 Å². The van der Waals surface area contributed by atoms with Crippen LogP contribution in [0, 0.1) is 0 Å². The van der Waals surface area contributed by atoms with Gasteiger partial charge in [-0.25, -0.2) is 0 Å². The van der Waals surface area contributed by atoms with Gasteiger partial charge in [-0.2, -0.15) is 0 Å². The zero-order valence-electron chi connectivity index (χ0n) is 12.7. The Morgan fingerprint density at radius 2 is 2.19 bits per heavy atom. The van der Waals surface area contributed by atoms with Crippen LogP contribution in [-0.4, -0.2) is 32.5 Å². The molecule has 5 nitrogen and oxygen atoms in total. The van der Waals surface area contributed by atoms with E-state index in [1.54, 1.807) is 0 Å². The lowest BCUT2D eigenvalue weighted by atomic mass is 10.1. The molecule has 0 saturated heterocycles. The van der Waals surface area contributed by atoms with Crippen molar-refractivity contribution in [2.75, 3.05) is 20.4 Å². The summed E-state index contributed by atoms with van der Waals surface area (Å²) >= 11 is 0. The van der Waals surface area contributed by atoms with Crippen molar-refractivity contribution in [2.45, 2.75) is 38.6 Å². The maximum absolute atomic E-state index is 11.0. The van der Waals surface area contributed by atoms with Crippen molar-refractivity contribution in [2.24, 2.45) is 0 Å². The Bertz CT molecular complexity index is 475. The number of ether oxygens (including phenoxy) is 3. The maximum Gasteiger partial charge on any atom is 0.305 e. The lowest BCUT2D eigenvalue weighted by Gasteiger charge is -2.13. The second kappa shape index (κ2) is 7.88. The SMILES string of the molecule is COC(=O)CCCNC(C)CCc1ccc2c(c1)OCO2. The summed E-state index contributed by atoms with van der Waals surface area (Å²) in [7, 11) is 1.42. The van der Waals surface area contributed by atoms with Crippen molar-refractivity contribution in [3.8, 4) is 11.5 Å². The van der Waals surface area contributed by atoms with E-state index in [4.69, 9.17) is 9.47 Å². The molecule has 0 amide bonds. The number of hydrogen-bond acceptors (Lipinski definition) is 5. The van der Waals surface area contributed by atoms with E-state index in [1.165, 1.54) is 12.7 Å². The maximum atomic E-state index is 11.0. The van der Waals surface area contributed by atoms with Crippen molar-refractivity contribution >= 4 is 5.97 Å². The van der Waals surface area contributed by atoms with Crippen LogP contribution in [-0.2, 0) is 16.0 Å². The molecule has 0 aromatic heterocycles. The molecule has 0 saturated carbocycles. The van der Waals surface area contributed by atoms with Crippen LogP contribution in [0.2, 0.25) is 0 Å². The Hall–Kier alpha value is -1.75. The quantitative estimate of drug-likeness (QED) is 0.588. The minimum absolute atomic E-state index is 0.148. The van der Waals surface area contributed by atoms with Gasteiger partial charge in [0.25, 0.3) is 0 Å². The molecule has 0 fully saturated rings. The molecule has 1 heterocycles. The Kier molecular flexibility index (Phi) is 5.87. The molecule has 0 bridgehead atoms. The highest BCUT2D eigenvalue weighted by atomic mass is 16.7. The number of aryl methyl sites for hydroxylation is 1. The Balaban J connectivity index is 1.64. The number of fused-ring (bicyclic) bond motifs is 1. The average molecular weight is 293 g/mol. The van der Waals surface area contributed by atoms with Crippen LogP contribution in [0.1, 0.15) is 31.7 Å². The average Bonchev–Trinajstić information content (AvgIpc) is 2.96. The molecular weight excluding hydrogens is 270 g/mol. The van der Waals surface area contributed by atoms with Gasteiger partial charge in [-0.1, -0.05) is 6.07 Å². The van der Waals surface area contributed by atoms with Gasteiger partial charge in [0.05, 0.1) is 7.11 Å². The largest absolute Gasteiger partial charge is 0.469 e. The van der Waals surface area contributed by atoms with Gasteiger partial charge in [-0.3, -0.25) is 4.79 Å². The minimum Gasteiger partial charge on any atom is -0.469 e. The Morgan fingerprint density at radius 3 is 3.00 bits per heavy atom. The number of hydrogen-bond donors (Lipinski definition) is 1. The molecular formula is C16H23NO4. The van der Waals surface area contributed by atoms with Crippen LogP contribution in [0.4, 0.5) is 0 Å². The van der Waals surface area contributed by atoms with E-state index in [1.807, 2.05) is 12.1 Å². The van der Waals surface area contributed by atoms with Gasteiger partial charge in [-0.05, 0) is 50.4 Å². The van der Waals surface area contributed by atoms with Crippen molar-refractivity contribution in [3.05, 3.63) is 23.8 Å². The highest BCUT2D eigenvalue weighted by Crippen LogP contribution is 2.32. The van der Waals surface area contributed by atoms with E-state index in [9.17, 15) is 4.79 Å². The van der Waals surface area contributed by atoms with Gasteiger partial charge < -0.3 is 19.5 Å². The third kappa shape index (κ3) is 4.93. The first-order valence-corrected chi connectivity index (χ1v) is 7.38. The Morgan fingerprint density at radius 1 is 1.38 bits per heavy atom. The summed E-state index contributed by atoms with van der Waals surface area (Å²) in [5.74, 6) is 1.52. The molecule has 21 heavy (non-hydrogen) atoms. The zero-order chi connectivity index (χ0) is 15.1. The van der Waals surface area contributed by atoms with Crippen molar-refractivity contribution in [1.29, 1.82) is 0 Å². The monoisotopic (exact) mass is 293 g/mol. The summed E-state index contributed by atoms with van der Waals surface area (Å²) in [6, 6.07) is 6.50. The molecule has 0 spiro atoms. The van der Waals surface area contributed by atoms with E-state index in [2.05, 4.69) is 23.0 Å². The fourth-order valence-corrected chi connectivity index (χ4v) is 2.26. The van der Waals surface area contributed by atoms with Gasteiger partial charge in [-0.15, -0.1) is 0 Å². The van der Waals surface area contributed by atoms with Crippen molar-refractivity contribution < 1.29 is 19.0 Å². The summed E-state index contributed by atoms with van der Waals surface area (Å²) in [6.07, 6.45) is 3.30. The van der Waals surface area contributed by atoms with E-state index in [0.29, 0.717) is 19.3 Å². The third-order valence-electron chi connectivity index (χ3n) is 3.58. The first-order chi connectivity index (χ1) is 10.2. The molecule has 2 rings (SSSR count). The van der Waals surface area contributed by atoms with Crippen LogP contribution in [0.5, 0.6) is 11.5 Å². The highest BCUT2D eigenvalue weighted by Gasteiger charge is 2.13. The van der Waals surface area contributed by atoms with Crippen molar-refractivity contribution in [1.82, 2.24) is 5.32 Å². The predicted octanol–water partition coefficient (Wildman–Crippen LogP) is 2.28. The first kappa shape index (κ1) is 15.6. The molecule has 5 heteroatoms. The number of methoxy groups -OCH3 is 1. The Labute approximate surface area is 125 Å². The van der Waals surface area contributed by atoms with Gasteiger partial charge in [0.15, 0.2) is 11.5 Å². The highest BCUT2D eigenvalue weighted by molar-refractivity contribution is 5.69. The smallest absolute Gasteiger partial charge is 0.305 e. The van der Waals surface area contributed by atoms with Crippen LogP contribution < -0.4 is 14.8 Å². The molecule has 0 aliphatic carbocycles. The van der Waals surface area contributed by atoms with Gasteiger partial charge >= 0.3 is 5.97 Å². The van der Waals surface area contributed by atoms with Crippen LogP contribution in [0.15, 0.2) is 18.2 Å². The van der Waals surface area contributed by atoms with Crippen molar-refractivity contribution in [3.63, 3.8) is 0 Å². The third-order valence-corrected chi connectivity index (χ3v) is 3.58. The zero-order valence-corrected chi connectivity index (χ0v) is 12.7. The van der Waals surface area contributed by atoms with E-state index >= 15 is 0 Å². The molecule has 1 aliphatic heterocycles. The topological polar surface area (TPSA) is 56.8 Å². The summed E-state index contributed by atoms with van der Waals surface area (Å²) in [5.41, 5.74) is 1.25. The van der Waals surface area contributed by atoms with Gasteiger partial charge in [0, 0.05) is 12.5 Å². The second-order valence-electron chi connectivity index (χ2n) is 5.26. The molecule has 1 atom stereocenters. The lowest BCUT2D eigenvalue weighted by Crippen LogP contribution is -2.27. The predicted molar refractivity (Wildman–Crippen MR) is 79.6 cm³/mol. The van der Waals surface area contributed by atoms with Gasteiger partial charge in [0.2, 0.25) is 6.79 Å². The normalized spacial score (nSPS) is 14.0. The molecule has 1 N–H and O–H groups in total. The van der Waals surface area contributed by atoms with E-state index in [0.717, 1.165) is 37.3 Å². The summed E-state index contributed by atoms with van der Waals surface area (Å²) < 4.78 is 15.3. The summed E-state index contributed by atoms with van der Waals surface area (Å²) in [4.78, 5) is 11.0. The number of esters is 1. The molecule has 1 aromatic carbocycles. The standard InChI is InChI=1S/C16H23NO4/c1-12(17-9-3-4-16(18)19-2)5-6-13-7-8-14-15(10-13)21-11-20-14/h7-8,10,12,17H,3-6,9,11H2,1-2H3. The molecule has 1 aromatic rings. The fourth-order valence-electron chi connectivity index (χ4n) is 2.26. The molecule has 1 unspecified atom stereocenters. The van der Waals surface area contributed by atoms with Crippen LogP contribution in [0.3, 0.4) is 0 Å². The summed E-state index contributed by atoms with van der Waals surface area (Å²) in [5, 5.41) is 3.42. The first-order valence-electron chi connectivity index (χ1n) is 7.38. The van der Waals surface area contributed by atoms with E-state index < -0.39 is 0 Å². The minimum atomic E-state index is -0.148. The number of carbonyl (C=O) groups excluding carboxylic acids is 1. The van der Waals surface area contributed by atoms with E-state index in [-0.39, 0.29) is 5.97 Å². The number of benzene rings is 1. The fraction of sp³-hybridized carbons (Fsp3) is 0.562. The lowest BCUT2D eigenvalue weighted by molar-refractivity contribution is -0.140. The molecule has 1 aliphatic rings. The number of carbonyl (C=O) groups is 1. The molecule has 0 radical (unpaired) electrons. The number of nitrogens with one attached hydrogen (secondary N) is 1. The molecule has 116 valence electrons. The van der Waals surface area contributed by atoms with Crippen LogP contribution >= 0.6 is 0 Å². The number of rotatable bonds is 8. The summed E-state index contributed by atoms with van der Waals surface area (Å²) in [6.45, 7) is 3.31. The van der Waals surface area contributed by atoms with Crippen LogP contribution in [0.25, 0.3) is 0 Å². The second-order valence-corrected chi connectivity index (χ2v) is 5.26.